The molecule has 0 radical (unpaired) electrons. The van der Waals surface area contributed by atoms with E-state index in [1.807, 2.05) is 42.2 Å². The molecule has 0 spiro atoms. The normalized spacial score (nSPS) is 11.0. The van der Waals surface area contributed by atoms with Gasteiger partial charge >= 0.3 is 0 Å². The Bertz CT molecular complexity index is 665. The summed E-state index contributed by atoms with van der Waals surface area (Å²) in [5, 5.41) is 0. The molecular formula is C15H17NO4S. The molecule has 0 atom stereocenters. The molecule has 0 N–H and O–H groups in total. The number of pyridine rings is 1. The van der Waals surface area contributed by atoms with Crippen molar-refractivity contribution < 1.29 is 21.7 Å². The standard InChI is InChI=1S/C14H14N.CH4O4S/c1-15-11-9-14(10-12-15)8-7-13-5-3-2-4-6-13;1-5-6(2,3)4/h2-12H,1H3;1H3,(H,2,3,4)/q+1;/p-1. The van der Waals surface area contributed by atoms with Crippen LogP contribution in [0.1, 0.15) is 11.1 Å². The smallest absolute Gasteiger partial charge is 0.217 e. The van der Waals surface area contributed by atoms with Gasteiger partial charge in [-0.2, -0.15) is 0 Å². The topological polar surface area (TPSA) is 70.3 Å². The third kappa shape index (κ3) is 7.98. The molecule has 6 heteroatoms. The maximum atomic E-state index is 9.22. The quantitative estimate of drug-likeness (QED) is 0.492. The lowest BCUT2D eigenvalue weighted by Gasteiger charge is -1.98. The van der Waals surface area contributed by atoms with Crippen molar-refractivity contribution in [1.82, 2.24) is 0 Å². The van der Waals surface area contributed by atoms with Crippen molar-refractivity contribution in [2.45, 2.75) is 0 Å². The Balaban J connectivity index is 0.000000315. The number of hydrogen-bond acceptors (Lipinski definition) is 4. The first-order valence-corrected chi connectivity index (χ1v) is 7.44. The van der Waals surface area contributed by atoms with Crippen LogP contribution in [0.15, 0.2) is 54.9 Å². The van der Waals surface area contributed by atoms with Gasteiger partial charge in [-0.05, 0) is 11.1 Å². The van der Waals surface area contributed by atoms with Crippen molar-refractivity contribution >= 4 is 22.6 Å². The number of aromatic nitrogens is 1. The summed E-state index contributed by atoms with van der Waals surface area (Å²) in [4.78, 5) is 0. The Labute approximate surface area is 125 Å². The summed E-state index contributed by atoms with van der Waals surface area (Å²) < 4.78 is 33.0. The summed E-state index contributed by atoms with van der Waals surface area (Å²) in [6.45, 7) is 0. The molecule has 0 bridgehead atoms. The molecule has 1 aromatic carbocycles. The summed E-state index contributed by atoms with van der Waals surface area (Å²) in [7, 11) is -1.59. The van der Waals surface area contributed by atoms with E-state index in [9.17, 15) is 13.0 Å². The first kappa shape index (κ1) is 17.0. The Morgan fingerprint density at radius 2 is 1.43 bits per heavy atom. The van der Waals surface area contributed by atoms with Crippen LogP contribution in [0.4, 0.5) is 0 Å². The molecule has 0 aliphatic carbocycles. The van der Waals surface area contributed by atoms with Gasteiger partial charge in [0.15, 0.2) is 12.4 Å². The number of aryl methyl sites for hydroxylation is 1. The fourth-order valence-corrected chi connectivity index (χ4v) is 1.38. The summed E-state index contributed by atoms with van der Waals surface area (Å²) >= 11 is 0. The molecule has 1 aromatic heterocycles. The van der Waals surface area contributed by atoms with Crippen LogP contribution in [0.3, 0.4) is 0 Å². The predicted octanol–water partition coefficient (Wildman–Crippen LogP) is 1.77. The SMILES string of the molecule is COS(=O)(=O)[O-].C[n+]1ccc(C=Cc2ccccc2)cc1. The van der Waals surface area contributed by atoms with Crippen LogP contribution in [0.2, 0.25) is 0 Å². The Hall–Kier alpha value is -2.02. The number of rotatable bonds is 3. The van der Waals surface area contributed by atoms with Crippen LogP contribution < -0.4 is 4.57 Å². The van der Waals surface area contributed by atoms with Gasteiger partial charge in [0.05, 0.1) is 7.11 Å². The van der Waals surface area contributed by atoms with E-state index in [-0.39, 0.29) is 0 Å². The minimum Gasteiger partial charge on any atom is -0.726 e. The largest absolute Gasteiger partial charge is 0.726 e. The van der Waals surface area contributed by atoms with Crippen molar-refractivity contribution in [2.24, 2.45) is 7.05 Å². The van der Waals surface area contributed by atoms with Gasteiger partial charge in [-0.15, -0.1) is 0 Å². The van der Waals surface area contributed by atoms with E-state index >= 15 is 0 Å². The van der Waals surface area contributed by atoms with Crippen LogP contribution in [0, 0.1) is 0 Å². The monoisotopic (exact) mass is 307 g/mol. The Morgan fingerprint density at radius 3 is 1.86 bits per heavy atom. The number of benzene rings is 1. The molecule has 0 amide bonds. The van der Waals surface area contributed by atoms with Crippen LogP contribution in [-0.4, -0.2) is 20.1 Å². The fourth-order valence-electron chi connectivity index (χ4n) is 1.38. The van der Waals surface area contributed by atoms with E-state index in [0.717, 1.165) is 7.11 Å². The third-order valence-corrected chi connectivity index (χ3v) is 2.88. The van der Waals surface area contributed by atoms with Gasteiger partial charge < -0.3 is 4.55 Å². The molecule has 1 heterocycles. The molecule has 0 aliphatic heterocycles. The van der Waals surface area contributed by atoms with Gasteiger partial charge in [0.25, 0.3) is 0 Å². The highest BCUT2D eigenvalue weighted by Crippen LogP contribution is 2.05. The van der Waals surface area contributed by atoms with E-state index in [0.29, 0.717) is 0 Å². The van der Waals surface area contributed by atoms with Crippen molar-refractivity contribution in [2.75, 3.05) is 7.11 Å². The van der Waals surface area contributed by atoms with Gasteiger partial charge in [-0.1, -0.05) is 42.5 Å². The molecule has 21 heavy (non-hydrogen) atoms. The van der Waals surface area contributed by atoms with Crippen LogP contribution in [0.25, 0.3) is 12.2 Å². The Morgan fingerprint density at radius 1 is 1.00 bits per heavy atom. The molecule has 2 rings (SSSR count). The molecule has 2 aromatic rings. The van der Waals surface area contributed by atoms with Crippen molar-refractivity contribution in [1.29, 1.82) is 0 Å². The lowest BCUT2D eigenvalue weighted by molar-refractivity contribution is -0.671. The van der Waals surface area contributed by atoms with E-state index in [4.69, 9.17) is 0 Å². The number of nitrogens with zero attached hydrogens (tertiary/aromatic N) is 1. The Kier molecular flexibility index (Phi) is 6.74. The van der Waals surface area contributed by atoms with Gasteiger partial charge in [-0.3, -0.25) is 4.18 Å². The summed E-state index contributed by atoms with van der Waals surface area (Å²) in [5.41, 5.74) is 2.45. The maximum absolute atomic E-state index is 9.22. The first-order chi connectivity index (χ1) is 9.90. The van der Waals surface area contributed by atoms with E-state index < -0.39 is 10.4 Å². The highest BCUT2D eigenvalue weighted by atomic mass is 32.3. The van der Waals surface area contributed by atoms with E-state index in [1.54, 1.807) is 0 Å². The summed E-state index contributed by atoms with van der Waals surface area (Å²) in [6, 6.07) is 14.5. The molecule has 0 saturated heterocycles. The highest BCUT2D eigenvalue weighted by molar-refractivity contribution is 7.80. The molecular weight excluding hydrogens is 290 g/mol. The van der Waals surface area contributed by atoms with Gasteiger partial charge in [0.1, 0.15) is 7.05 Å². The van der Waals surface area contributed by atoms with Crippen molar-refractivity contribution in [3.8, 4) is 0 Å². The third-order valence-electron chi connectivity index (χ3n) is 2.48. The molecule has 0 fully saturated rings. The average Bonchev–Trinajstić information content (AvgIpc) is 2.48. The molecule has 0 saturated carbocycles. The zero-order valence-corrected chi connectivity index (χ0v) is 12.7. The minimum atomic E-state index is -4.41. The van der Waals surface area contributed by atoms with E-state index in [1.165, 1.54) is 11.1 Å². The predicted molar refractivity (Wildman–Crippen MR) is 79.7 cm³/mol. The zero-order valence-electron chi connectivity index (χ0n) is 11.8. The van der Waals surface area contributed by atoms with E-state index in [2.05, 4.69) is 40.6 Å². The van der Waals surface area contributed by atoms with Crippen LogP contribution >= 0.6 is 0 Å². The lowest BCUT2D eigenvalue weighted by Crippen LogP contribution is -2.25. The number of hydrogen-bond donors (Lipinski definition) is 0. The lowest BCUT2D eigenvalue weighted by atomic mass is 10.1. The molecule has 112 valence electrons. The van der Waals surface area contributed by atoms with Crippen LogP contribution in [0.5, 0.6) is 0 Å². The van der Waals surface area contributed by atoms with Gasteiger partial charge in [0.2, 0.25) is 10.4 Å². The van der Waals surface area contributed by atoms with Gasteiger partial charge in [-0.25, -0.2) is 13.0 Å². The second kappa shape index (κ2) is 8.31. The molecule has 5 nitrogen and oxygen atoms in total. The van der Waals surface area contributed by atoms with Crippen molar-refractivity contribution in [3.63, 3.8) is 0 Å². The fraction of sp³-hybridized carbons (Fsp3) is 0.133. The average molecular weight is 307 g/mol. The first-order valence-electron chi connectivity index (χ1n) is 6.10. The zero-order chi connectivity index (χ0) is 15.7. The minimum absolute atomic E-state index is 0.808. The summed E-state index contributed by atoms with van der Waals surface area (Å²) in [6.07, 6.45) is 8.33. The van der Waals surface area contributed by atoms with Crippen LogP contribution in [-0.2, 0) is 21.6 Å². The second-order valence-electron chi connectivity index (χ2n) is 4.12. The maximum Gasteiger partial charge on any atom is 0.217 e. The van der Waals surface area contributed by atoms with Crippen molar-refractivity contribution in [3.05, 3.63) is 66.0 Å². The second-order valence-corrected chi connectivity index (χ2v) is 5.27. The molecule has 0 unspecified atom stereocenters. The molecule has 0 aliphatic rings. The van der Waals surface area contributed by atoms with Gasteiger partial charge in [0, 0.05) is 12.1 Å². The highest BCUT2D eigenvalue weighted by Gasteiger charge is 1.91. The summed E-state index contributed by atoms with van der Waals surface area (Å²) in [5.74, 6) is 0.